The second-order valence-corrected chi connectivity index (χ2v) is 5.55. The highest BCUT2D eigenvalue weighted by atomic mass is 16.3. The normalized spacial score (nSPS) is 23.4. The van der Waals surface area contributed by atoms with E-state index < -0.39 is 5.60 Å². The second-order valence-electron chi connectivity index (χ2n) is 5.55. The van der Waals surface area contributed by atoms with Gasteiger partial charge >= 0.3 is 0 Å². The van der Waals surface area contributed by atoms with Crippen LogP contribution in [-0.4, -0.2) is 34.6 Å². The SMILES string of the molecule is Cc1cccc(CCC(=O)N2CCC(C)(O)C2)c1. The van der Waals surface area contributed by atoms with Gasteiger partial charge in [0, 0.05) is 19.5 Å². The molecule has 1 aliphatic rings. The number of amides is 1. The standard InChI is InChI=1S/C15H21NO2/c1-12-4-3-5-13(10-12)6-7-14(17)16-9-8-15(2,18)11-16/h3-5,10,18H,6-9,11H2,1-2H3. The van der Waals surface area contributed by atoms with Gasteiger partial charge in [-0.3, -0.25) is 4.79 Å². The average molecular weight is 247 g/mol. The molecular formula is C15H21NO2. The molecule has 1 aromatic rings. The average Bonchev–Trinajstić information content (AvgIpc) is 2.67. The number of nitrogens with zero attached hydrogens (tertiary/aromatic N) is 1. The van der Waals surface area contributed by atoms with E-state index in [1.807, 2.05) is 6.07 Å². The molecule has 98 valence electrons. The van der Waals surface area contributed by atoms with Crippen LogP contribution in [0.25, 0.3) is 0 Å². The van der Waals surface area contributed by atoms with Gasteiger partial charge in [0.05, 0.1) is 5.60 Å². The van der Waals surface area contributed by atoms with Gasteiger partial charge in [-0.25, -0.2) is 0 Å². The molecule has 1 atom stereocenters. The van der Waals surface area contributed by atoms with Crippen molar-refractivity contribution in [2.75, 3.05) is 13.1 Å². The maximum absolute atomic E-state index is 12.0. The summed E-state index contributed by atoms with van der Waals surface area (Å²) in [6.07, 6.45) is 1.99. The van der Waals surface area contributed by atoms with E-state index in [-0.39, 0.29) is 5.91 Å². The Morgan fingerprint density at radius 2 is 2.28 bits per heavy atom. The maximum Gasteiger partial charge on any atom is 0.223 e. The number of aryl methyl sites for hydroxylation is 2. The van der Waals surface area contributed by atoms with E-state index in [2.05, 4.69) is 25.1 Å². The van der Waals surface area contributed by atoms with Crippen molar-refractivity contribution in [2.45, 2.75) is 38.7 Å². The van der Waals surface area contributed by atoms with E-state index >= 15 is 0 Å². The Bertz CT molecular complexity index is 440. The van der Waals surface area contributed by atoms with Crippen molar-refractivity contribution >= 4 is 5.91 Å². The smallest absolute Gasteiger partial charge is 0.223 e. The quantitative estimate of drug-likeness (QED) is 0.886. The number of carbonyl (C=O) groups excluding carboxylic acids is 1. The lowest BCUT2D eigenvalue weighted by Crippen LogP contribution is -2.33. The van der Waals surface area contributed by atoms with Crippen molar-refractivity contribution < 1.29 is 9.90 Å². The number of likely N-dealkylation sites (tertiary alicyclic amines) is 1. The van der Waals surface area contributed by atoms with Crippen LogP contribution in [0.4, 0.5) is 0 Å². The third-order valence-corrected chi connectivity index (χ3v) is 3.51. The fourth-order valence-electron chi connectivity index (χ4n) is 2.44. The van der Waals surface area contributed by atoms with Crippen molar-refractivity contribution in [3.05, 3.63) is 35.4 Å². The molecule has 0 aliphatic carbocycles. The van der Waals surface area contributed by atoms with Gasteiger partial charge in [-0.15, -0.1) is 0 Å². The number of carbonyl (C=O) groups is 1. The van der Waals surface area contributed by atoms with Crippen LogP contribution in [0, 0.1) is 6.92 Å². The molecule has 18 heavy (non-hydrogen) atoms. The Balaban J connectivity index is 1.86. The molecule has 2 rings (SSSR count). The van der Waals surface area contributed by atoms with E-state index in [4.69, 9.17) is 0 Å². The summed E-state index contributed by atoms with van der Waals surface area (Å²) < 4.78 is 0. The minimum absolute atomic E-state index is 0.147. The van der Waals surface area contributed by atoms with Crippen molar-refractivity contribution in [1.29, 1.82) is 0 Å². The zero-order chi connectivity index (χ0) is 13.2. The summed E-state index contributed by atoms with van der Waals surface area (Å²) in [5, 5.41) is 9.84. The van der Waals surface area contributed by atoms with Crippen LogP contribution in [0.1, 0.15) is 30.9 Å². The molecule has 1 N–H and O–H groups in total. The van der Waals surface area contributed by atoms with E-state index in [0.717, 1.165) is 6.42 Å². The fourth-order valence-corrected chi connectivity index (χ4v) is 2.44. The zero-order valence-corrected chi connectivity index (χ0v) is 11.1. The Labute approximate surface area is 108 Å². The molecule has 0 bridgehead atoms. The summed E-state index contributed by atoms with van der Waals surface area (Å²) in [6.45, 7) is 5.00. The predicted molar refractivity (Wildman–Crippen MR) is 71.3 cm³/mol. The molecule has 1 saturated heterocycles. The Morgan fingerprint density at radius 1 is 1.50 bits per heavy atom. The van der Waals surface area contributed by atoms with Gasteiger partial charge in [-0.1, -0.05) is 29.8 Å². The fraction of sp³-hybridized carbons (Fsp3) is 0.533. The summed E-state index contributed by atoms with van der Waals surface area (Å²) >= 11 is 0. The van der Waals surface area contributed by atoms with E-state index in [0.29, 0.717) is 25.9 Å². The minimum Gasteiger partial charge on any atom is -0.388 e. The lowest BCUT2D eigenvalue weighted by molar-refractivity contribution is -0.131. The molecule has 1 aliphatic heterocycles. The van der Waals surface area contributed by atoms with Crippen molar-refractivity contribution in [3.63, 3.8) is 0 Å². The highest BCUT2D eigenvalue weighted by Gasteiger charge is 2.33. The van der Waals surface area contributed by atoms with Crippen LogP contribution < -0.4 is 0 Å². The van der Waals surface area contributed by atoms with Gasteiger partial charge in [0.2, 0.25) is 5.91 Å². The number of rotatable bonds is 3. The number of benzene rings is 1. The molecule has 0 saturated carbocycles. The molecule has 1 unspecified atom stereocenters. The monoisotopic (exact) mass is 247 g/mol. The summed E-state index contributed by atoms with van der Waals surface area (Å²) in [5.74, 6) is 0.147. The largest absolute Gasteiger partial charge is 0.388 e. The number of β-amino-alcohol motifs (C(OH)–C–C–N with tert-alkyl or cyclic N) is 1. The highest BCUT2D eigenvalue weighted by Crippen LogP contribution is 2.21. The van der Waals surface area contributed by atoms with Gasteiger partial charge in [0.25, 0.3) is 0 Å². The lowest BCUT2D eigenvalue weighted by atomic mass is 10.1. The molecule has 0 aromatic heterocycles. The second kappa shape index (κ2) is 5.11. The molecule has 3 nitrogen and oxygen atoms in total. The maximum atomic E-state index is 12.0. The first-order valence-electron chi connectivity index (χ1n) is 6.52. The van der Waals surface area contributed by atoms with Gasteiger partial charge in [0.1, 0.15) is 0 Å². The molecule has 1 aromatic carbocycles. The third-order valence-electron chi connectivity index (χ3n) is 3.51. The van der Waals surface area contributed by atoms with E-state index in [1.54, 1.807) is 11.8 Å². The van der Waals surface area contributed by atoms with Crippen LogP contribution in [0.15, 0.2) is 24.3 Å². The lowest BCUT2D eigenvalue weighted by Gasteiger charge is -2.19. The summed E-state index contributed by atoms with van der Waals surface area (Å²) in [7, 11) is 0. The molecule has 0 spiro atoms. The van der Waals surface area contributed by atoms with Gasteiger partial charge in [-0.2, -0.15) is 0 Å². The van der Waals surface area contributed by atoms with Crippen LogP contribution in [0.2, 0.25) is 0 Å². The molecule has 0 radical (unpaired) electrons. The first-order chi connectivity index (χ1) is 8.46. The summed E-state index contributed by atoms with van der Waals surface area (Å²) in [5.41, 5.74) is 1.73. The molecule has 1 amide bonds. The van der Waals surface area contributed by atoms with Gasteiger partial charge in [0.15, 0.2) is 0 Å². The van der Waals surface area contributed by atoms with E-state index in [1.165, 1.54) is 11.1 Å². The van der Waals surface area contributed by atoms with Gasteiger partial charge < -0.3 is 10.0 Å². The Hall–Kier alpha value is -1.35. The highest BCUT2D eigenvalue weighted by molar-refractivity contribution is 5.76. The van der Waals surface area contributed by atoms with Crippen LogP contribution >= 0.6 is 0 Å². The minimum atomic E-state index is -0.695. The summed E-state index contributed by atoms with van der Waals surface area (Å²) in [6, 6.07) is 8.26. The predicted octanol–water partition coefficient (Wildman–Crippen LogP) is 1.91. The van der Waals surface area contributed by atoms with Crippen LogP contribution in [0.3, 0.4) is 0 Å². The number of hydrogen-bond acceptors (Lipinski definition) is 2. The Morgan fingerprint density at radius 3 is 2.89 bits per heavy atom. The first-order valence-corrected chi connectivity index (χ1v) is 6.52. The molecular weight excluding hydrogens is 226 g/mol. The molecule has 1 heterocycles. The number of aliphatic hydroxyl groups is 1. The van der Waals surface area contributed by atoms with Crippen LogP contribution in [-0.2, 0) is 11.2 Å². The summed E-state index contributed by atoms with van der Waals surface area (Å²) in [4.78, 5) is 13.8. The zero-order valence-electron chi connectivity index (χ0n) is 11.1. The van der Waals surface area contributed by atoms with E-state index in [9.17, 15) is 9.90 Å². The molecule has 3 heteroatoms. The third kappa shape index (κ3) is 3.33. The van der Waals surface area contributed by atoms with Crippen molar-refractivity contribution in [3.8, 4) is 0 Å². The Kier molecular flexibility index (Phi) is 3.71. The van der Waals surface area contributed by atoms with Gasteiger partial charge in [-0.05, 0) is 32.3 Å². The van der Waals surface area contributed by atoms with Crippen LogP contribution in [0.5, 0.6) is 0 Å². The number of hydrogen-bond donors (Lipinski definition) is 1. The topological polar surface area (TPSA) is 40.5 Å². The van der Waals surface area contributed by atoms with Crippen molar-refractivity contribution in [2.24, 2.45) is 0 Å². The first kappa shape index (κ1) is 13.1. The molecule has 1 fully saturated rings. The van der Waals surface area contributed by atoms with Crippen molar-refractivity contribution in [1.82, 2.24) is 4.90 Å².